The van der Waals surface area contributed by atoms with E-state index in [0.717, 1.165) is 22.6 Å². The molecule has 1 amide bonds. The average molecular weight is 413 g/mol. The summed E-state index contributed by atoms with van der Waals surface area (Å²) < 4.78 is 16.0. The number of aromatic nitrogens is 1. The predicted octanol–water partition coefficient (Wildman–Crippen LogP) is 4.80. The molecular weight excluding hydrogens is 388 g/mol. The van der Waals surface area contributed by atoms with Crippen LogP contribution in [0.5, 0.6) is 17.2 Å². The highest BCUT2D eigenvalue weighted by Gasteiger charge is 2.10. The zero-order valence-electron chi connectivity index (χ0n) is 16.7. The van der Waals surface area contributed by atoms with Crippen molar-refractivity contribution in [1.82, 2.24) is 4.98 Å². The number of anilines is 1. The Hall–Kier alpha value is -3.06. The number of nitrogens with zero attached hydrogens (tertiary/aromatic N) is 1. The first-order valence-electron chi connectivity index (χ1n) is 9.32. The van der Waals surface area contributed by atoms with Crippen LogP contribution in [0.25, 0.3) is 11.3 Å². The van der Waals surface area contributed by atoms with Gasteiger partial charge < -0.3 is 19.5 Å². The number of amides is 1. The molecule has 0 aliphatic carbocycles. The lowest BCUT2D eigenvalue weighted by Crippen LogP contribution is -2.12. The molecule has 152 valence electrons. The van der Waals surface area contributed by atoms with Gasteiger partial charge in [0, 0.05) is 17.4 Å². The Balaban J connectivity index is 1.56. The summed E-state index contributed by atoms with van der Waals surface area (Å²) in [4.78, 5) is 16.8. The van der Waals surface area contributed by atoms with E-state index in [1.54, 1.807) is 14.2 Å². The Bertz CT molecular complexity index is 954. The molecule has 2 aromatic carbocycles. The maximum Gasteiger partial charge on any atom is 0.226 e. The highest BCUT2D eigenvalue weighted by molar-refractivity contribution is 7.14. The van der Waals surface area contributed by atoms with E-state index >= 15 is 0 Å². The fraction of sp³-hybridized carbons (Fsp3) is 0.273. The van der Waals surface area contributed by atoms with Crippen molar-refractivity contribution in [3.05, 3.63) is 53.4 Å². The smallest absolute Gasteiger partial charge is 0.226 e. The third-order valence-corrected chi connectivity index (χ3v) is 5.06. The van der Waals surface area contributed by atoms with Crippen LogP contribution in [0.3, 0.4) is 0 Å². The van der Waals surface area contributed by atoms with E-state index in [-0.39, 0.29) is 5.91 Å². The fourth-order valence-electron chi connectivity index (χ4n) is 2.83. The van der Waals surface area contributed by atoms with Gasteiger partial charge in [-0.2, -0.15) is 0 Å². The quantitative estimate of drug-likeness (QED) is 0.547. The van der Waals surface area contributed by atoms with Gasteiger partial charge in [-0.1, -0.05) is 6.07 Å². The van der Waals surface area contributed by atoms with Gasteiger partial charge in [0.15, 0.2) is 16.6 Å². The monoisotopic (exact) mass is 412 g/mol. The summed E-state index contributed by atoms with van der Waals surface area (Å²) >= 11 is 1.41. The van der Waals surface area contributed by atoms with Crippen LogP contribution in [0.15, 0.2) is 47.8 Å². The molecular formula is C22H24N2O4S. The third-order valence-electron chi connectivity index (χ3n) is 4.30. The van der Waals surface area contributed by atoms with Gasteiger partial charge in [0.1, 0.15) is 5.75 Å². The number of thiazole rings is 1. The van der Waals surface area contributed by atoms with Crippen LogP contribution in [0.2, 0.25) is 0 Å². The Kier molecular flexibility index (Phi) is 7.08. The van der Waals surface area contributed by atoms with Gasteiger partial charge in [0.05, 0.1) is 26.5 Å². The lowest BCUT2D eigenvalue weighted by atomic mass is 10.1. The molecule has 6 nitrogen and oxygen atoms in total. The summed E-state index contributed by atoms with van der Waals surface area (Å²) in [5.74, 6) is 2.08. The van der Waals surface area contributed by atoms with Crippen LogP contribution in [-0.4, -0.2) is 31.7 Å². The van der Waals surface area contributed by atoms with Crippen molar-refractivity contribution < 1.29 is 19.0 Å². The number of hydrogen-bond acceptors (Lipinski definition) is 6. The third kappa shape index (κ3) is 5.48. The lowest BCUT2D eigenvalue weighted by Gasteiger charge is -2.09. The van der Waals surface area contributed by atoms with E-state index in [1.165, 1.54) is 11.3 Å². The fourth-order valence-corrected chi connectivity index (χ4v) is 3.56. The molecule has 0 bridgehead atoms. The Labute approximate surface area is 174 Å². The minimum atomic E-state index is -0.0765. The number of carbonyl (C=O) groups is 1. The number of rotatable bonds is 9. The second-order valence-electron chi connectivity index (χ2n) is 6.23. The minimum Gasteiger partial charge on any atom is -0.494 e. The molecule has 0 unspecified atom stereocenters. The van der Waals surface area contributed by atoms with Gasteiger partial charge >= 0.3 is 0 Å². The lowest BCUT2D eigenvalue weighted by molar-refractivity contribution is -0.116. The van der Waals surface area contributed by atoms with Crippen LogP contribution < -0.4 is 19.5 Å². The van der Waals surface area contributed by atoms with E-state index in [1.807, 2.05) is 54.8 Å². The molecule has 29 heavy (non-hydrogen) atoms. The molecule has 0 aliphatic heterocycles. The molecule has 0 radical (unpaired) electrons. The van der Waals surface area contributed by atoms with Crippen LogP contribution >= 0.6 is 11.3 Å². The molecule has 3 rings (SSSR count). The van der Waals surface area contributed by atoms with E-state index in [0.29, 0.717) is 36.1 Å². The number of hydrogen-bond donors (Lipinski definition) is 1. The number of nitrogens with one attached hydrogen (secondary N) is 1. The second-order valence-corrected chi connectivity index (χ2v) is 7.09. The van der Waals surface area contributed by atoms with Crippen molar-refractivity contribution >= 4 is 22.4 Å². The number of methoxy groups -OCH3 is 2. The molecule has 0 fully saturated rings. The predicted molar refractivity (Wildman–Crippen MR) is 115 cm³/mol. The molecule has 1 heterocycles. The Morgan fingerprint density at radius 1 is 1.07 bits per heavy atom. The van der Waals surface area contributed by atoms with Gasteiger partial charge in [-0.3, -0.25) is 4.79 Å². The molecule has 3 aromatic rings. The summed E-state index contributed by atoms with van der Waals surface area (Å²) in [7, 11) is 3.19. The normalized spacial score (nSPS) is 10.4. The first-order chi connectivity index (χ1) is 14.1. The molecule has 0 spiro atoms. The van der Waals surface area contributed by atoms with E-state index in [2.05, 4.69) is 10.3 Å². The summed E-state index contributed by atoms with van der Waals surface area (Å²) in [5, 5.41) is 5.39. The van der Waals surface area contributed by atoms with E-state index in [4.69, 9.17) is 14.2 Å². The van der Waals surface area contributed by atoms with Crippen LogP contribution in [0.1, 0.15) is 18.9 Å². The Morgan fingerprint density at radius 3 is 2.52 bits per heavy atom. The summed E-state index contributed by atoms with van der Waals surface area (Å²) in [6.45, 7) is 2.59. The summed E-state index contributed by atoms with van der Waals surface area (Å²) in [6, 6.07) is 13.4. The molecule has 1 aromatic heterocycles. The van der Waals surface area contributed by atoms with Gasteiger partial charge in [-0.05, 0) is 55.3 Å². The maximum absolute atomic E-state index is 12.3. The molecule has 0 saturated heterocycles. The maximum atomic E-state index is 12.3. The van der Waals surface area contributed by atoms with Crippen LogP contribution in [0.4, 0.5) is 5.13 Å². The van der Waals surface area contributed by atoms with Gasteiger partial charge in [-0.15, -0.1) is 11.3 Å². The molecule has 7 heteroatoms. The first kappa shape index (κ1) is 20.7. The number of ether oxygens (including phenoxy) is 3. The molecule has 0 saturated carbocycles. The average Bonchev–Trinajstić information content (AvgIpc) is 3.21. The number of benzene rings is 2. The van der Waals surface area contributed by atoms with Crippen LogP contribution in [0, 0.1) is 0 Å². The van der Waals surface area contributed by atoms with Crippen molar-refractivity contribution in [3.63, 3.8) is 0 Å². The largest absolute Gasteiger partial charge is 0.494 e. The van der Waals surface area contributed by atoms with Crippen molar-refractivity contribution in [3.8, 4) is 28.5 Å². The summed E-state index contributed by atoms with van der Waals surface area (Å²) in [6.07, 6.45) is 0.955. The molecule has 1 N–H and O–H groups in total. The standard InChI is InChI=1S/C22H24N2O4S/c1-4-28-17-9-7-16(8-10-17)18-14-29-22(23-18)24-21(25)12-6-15-5-11-19(26-2)20(13-15)27-3/h5,7-11,13-14H,4,6,12H2,1-3H3,(H,23,24,25). The van der Waals surface area contributed by atoms with Gasteiger partial charge in [0.2, 0.25) is 5.91 Å². The zero-order valence-corrected chi connectivity index (χ0v) is 17.5. The minimum absolute atomic E-state index is 0.0765. The van der Waals surface area contributed by atoms with E-state index < -0.39 is 0 Å². The number of carbonyl (C=O) groups excluding carboxylic acids is 1. The summed E-state index contributed by atoms with van der Waals surface area (Å²) in [5.41, 5.74) is 2.82. The van der Waals surface area contributed by atoms with Crippen molar-refractivity contribution in [1.29, 1.82) is 0 Å². The first-order valence-corrected chi connectivity index (χ1v) is 10.2. The van der Waals surface area contributed by atoms with Crippen LogP contribution in [-0.2, 0) is 11.2 Å². The Morgan fingerprint density at radius 2 is 1.83 bits per heavy atom. The number of aryl methyl sites for hydroxylation is 1. The molecule has 0 aliphatic rings. The topological polar surface area (TPSA) is 69.7 Å². The SMILES string of the molecule is CCOc1ccc(-c2csc(NC(=O)CCc3ccc(OC)c(OC)c3)n2)cc1. The van der Waals surface area contributed by atoms with Crippen molar-refractivity contribution in [2.24, 2.45) is 0 Å². The zero-order chi connectivity index (χ0) is 20.6. The van der Waals surface area contributed by atoms with E-state index in [9.17, 15) is 4.79 Å². The highest BCUT2D eigenvalue weighted by Crippen LogP contribution is 2.29. The van der Waals surface area contributed by atoms with Gasteiger partial charge in [-0.25, -0.2) is 4.98 Å². The van der Waals surface area contributed by atoms with Crippen molar-refractivity contribution in [2.75, 3.05) is 26.1 Å². The van der Waals surface area contributed by atoms with Crippen molar-refractivity contribution in [2.45, 2.75) is 19.8 Å². The molecule has 0 atom stereocenters. The highest BCUT2D eigenvalue weighted by atomic mass is 32.1. The van der Waals surface area contributed by atoms with Gasteiger partial charge in [0.25, 0.3) is 0 Å². The second kappa shape index (κ2) is 9.93.